The Morgan fingerprint density at radius 3 is 0.931 bits per heavy atom. The quantitative estimate of drug-likeness (QED) is 0.0124. The van der Waals surface area contributed by atoms with Crippen molar-refractivity contribution < 1.29 is 110 Å². The maximum Gasteiger partial charge on any atom is 0.407 e. The number of alkyl carbamates (subject to hydrolysis) is 5. The molecule has 0 saturated carbocycles. The molecule has 18 N–H and O–H groups in total. The second-order valence-corrected chi connectivity index (χ2v) is 36.1. The van der Waals surface area contributed by atoms with Gasteiger partial charge in [-0.2, -0.15) is 0 Å². The van der Waals surface area contributed by atoms with Crippen molar-refractivity contribution in [3.05, 3.63) is 246 Å². The lowest BCUT2D eigenvalue weighted by Crippen LogP contribution is -2.61. The van der Waals surface area contributed by atoms with Crippen LogP contribution in [0.1, 0.15) is 157 Å². The number of hydrogen-bond acceptors (Lipinski definition) is 23. The maximum absolute atomic E-state index is 15.4. The van der Waals surface area contributed by atoms with Crippen LogP contribution in [0.4, 0.5) is 24.0 Å². The summed E-state index contributed by atoms with van der Waals surface area (Å²) in [6.07, 6.45) is -5.07. The van der Waals surface area contributed by atoms with E-state index < -0.39 is 220 Å². The Hall–Kier alpha value is -13.6. The van der Waals surface area contributed by atoms with Crippen LogP contribution in [0, 0.1) is 5.92 Å². The number of carboxylic acids is 1. The molecule has 0 heterocycles. The molecule has 0 saturated heterocycles. The van der Waals surface area contributed by atoms with Gasteiger partial charge in [0.1, 0.15) is 87.4 Å². The summed E-state index contributed by atoms with van der Waals surface area (Å²) in [4.78, 5) is 228. The van der Waals surface area contributed by atoms with E-state index in [9.17, 15) is 57.8 Å². The molecule has 0 bridgehead atoms. The van der Waals surface area contributed by atoms with Gasteiger partial charge in [0.25, 0.3) is 0 Å². The molecular weight excluding hydrogens is 1980 g/mol. The van der Waals surface area contributed by atoms with Gasteiger partial charge in [0.15, 0.2) is 6.04 Å². The summed E-state index contributed by atoms with van der Waals surface area (Å²) in [6, 6.07) is 33.0. The van der Waals surface area contributed by atoms with Crippen LogP contribution in [0.2, 0.25) is 25.1 Å². The lowest BCUT2D eigenvalue weighted by atomic mass is 10.00. The first kappa shape index (κ1) is 118. The Bertz CT molecular complexity index is 5410. The van der Waals surface area contributed by atoms with E-state index in [2.05, 4.69) is 79.8 Å². The number of carbonyl (C=O) groups is 16. The number of nitrogens with one attached hydrogen (secondary N) is 15. The third-order valence-corrected chi connectivity index (χ3v) is 24.1. The molecule has 0 aliphatic carbocycles. The van der Waals surface area contributed by atoms with Crippen LogP contribution in [0.25, 0.3) is 0 Å². The molecule has 145 heavy (non-hydrogen) atoms. The van der Waals surface area contributed by atoms with Crippen LogP contribution in [0.5, 0.6) is 0 Å². The minimum absolute atomic E-state index is 0.0431. The van der Waals surface area contributed by atoms with Gasteiger partial charge in [0, 0.05) is 98.5 Å². The number of unbranched alkanes of at least 4 members (excludes halogenated alkanes) is 4. The zero-order valence-corrected chi connectivity index (χ0v) is 84.8. The molecular formula is C101H127Cl5N16O23. The molecule has 0 unspecified atom stereocenters. The van der Waals surface area contributed by atoms with E-state index >= 15 is 24.0 Å². The standard InChI is InChI=1S/C101H127Cl5N16O23/c1-6-7-8-9-16-41-85(123)114-78(43-49-108-97(135)141-57-67-31-17-22-36-72(67)102)88(125)113-63(4)87(124)115-79(44-50-109-98(136)142-58-68-32-18-23-37-73(68)103)90(127)116-77(42-48-107)89(126)117-81(46-52-111-100(138)144-60-70-34-20-25-39-75(70)105)92(129)121-84(55-65-27-12-10-13-28-65)95(132)120-83(54-62(2)3)94(131)119-80(45-51-110-99(137)143-59-69-33-19-24-38-74(69)104)91(128)118-82(47-53-112-101(139)145-61-71-35-21-26-40-76(71)106)93(130)122-86(96(133)134)64(5)140-56-66-29-14-11-15-30-66/h10-15,17-40,62-64,77-84,86H,6-9,16,41-61,107H2,1-5H3,(H,108,135)(H,109,136)(H,110,137)(H,111,138)(H,112,139)(H,113,125)(H,114,123)(H,115,124)(H,116,127)(H,117,126)(H,118,128)(H,119,131)(H,120,132)(H,121,129)(H,122,130)(H,133,134)/t63-,64+,77-,78-,79-,80-,81-,82-,83-,84+,86-/m0/s1. The number of aliphatic carboxylic acids is 1. The molecule has 0 spiro atoms. The van der Waals surface area contributed by atoms with Crippen molar-refractivity contribution in [2.45, 2.75) is 231 Å². The van der Waals surface area contributed by atoms with Crippen molar-refractivity contribution in [3.63, 3.8) is 0 Å². The Morgan fingerprint density at radius 2 is 0.593 bits per heavy atom. The van der Waals surface area contributed by atoms with Crippen molar-refractivity contribution in [1.29, 1.82) is 0 Å². The first-order chi connectivity index (χ1) is 69.6. The largest absolute Gasteiger partial charge is 0.480 e. The minimum atomic E-state index is -1.79. The molecule has 784 valence electrons. The third-order valence-electron chi connectivity index (χ3n) is 22.3. The Morgan fingerprint density at radius 1 is 0.310 bits per heavy atom. The van der Waals surface area contributed by atoms with Crippen LogP contribution >= 0.6 is 58.0 Å². The maximum atomic E-state index is 15.4. The monoisotopic (exact) mass is 2110 g/mol. The van der Waals surface area contributed by atoms with Crippen molar-refractivity contribution in [2.75, 3.05) is 39.3 Å². The van der Waals surface area contributed by atoms with Crippen LogP contribution in [0.15, 0.2) is 182 Å². The first-order valence-electron chi connectivity index (χ1n) is 47.4. The van der Waals surface area contributed by atoms with Gasteiger partial charge < -0.3 is 119 Å². The highest BCUT2D eigenvalue weighted by atomic mass is 35.5. The van der Waals surface area contributed by atoms with E-state index in [1.54, 1.807) is 196 Å². The van der Waals surface area contributed by atoms with Gasteiger partial charge >= 0.3 is 36.4 Å². The highest BCUT2D eigenvalue weighted by molar-refractivity contribution is 6.32. The number of ether oxygens (including phenoxy) is 6. The lowest BCUT2D eigenvalue weighted by molar-refractivity contribution is -0.147. The summed E-state index contributed by atoms with van der Waals surface area (Å²) in [6.45, 7) is 4.39. The van der Waals surface area contributed by atoms with Gasteiger partial charge in [-0.1, -0.05) is 256 Å². The average Bonchev–Trinajstić information content (AvgIpc) is 0.840. The molecule has 0 aromatic heterocycles. The molecule has 15 amide bonds. The number of rotatable bonds is 61. The number of halogens is 5. The molecule has 44 heteroatoms. The van der Waals surface area contributed by atoms with Gasteiger partial charge in [-0.15, -0.1) is 0 Å². The van der Waals surface area contributed by atoms with Crippen LogP contribution in [-0.4, -0.2) is 206 Å². The second kappa shape index (κ2) is 64.9. The normalized spacial score (nSPS) is 13.2. The number of carboxylic acid groups (broad SMARTS) is 1. The summed E-state index contributed by atoms with van der Waals surface area (Å²) in [5.74, 6) is -12.0. The van der Waals surface area contributed by atoms with Gasteiger partial charge in [-0.05, 0) is 119 Å². The first-order valence-corrected chi connectivity index (χ1v) is 49.3. The van der Waals surface area contributed by atoms with Crippen LogP contribution < -0.4 is 85.5 Å². The molecule has 0 aliphatic rings. The van der Waals surface area contributed by atoms with Crippen molar-refractivity contribution >= 4 is 154 Å². The van der Waals surface area contributed by atoms with Crippen LogP contribution in [-0.2, 0) is 127 Å². The second-order valence-electron chi connectivity index (χ2n) is 34.1. The van der Waals surface area contributed by atoms with Gasteiger partial charge in [-0.25, -0.2) is 28.8 Å². The zero-order chi connectivity index (χ0) is 106. The van der Waals surface area contributed by atoms with Gasteiger partial charge in [0.2, 0.25) is 59.1 Å². The summed E-state index contributed by atoms with van der Waals surface area (Å²) in [5, 5.41) is 50.7. The fraction of sp³-hybridized carbons (Fsp3) is 0.426. The topological polar surface area (TPSA) is 555 Å². The van der Waals surface area contributed by atoms with Crippen LogP contribution in [0.3, 0.4) is 0 Å². The summed E-state index contributed by atoms with van der Waals surface area (Å²) >= 11 is 31.6. The Kier molecular flexibility index (Phi) is 53.0. The molecule has 7 aromatic rings. The Labute approximate surface area is 865 Å². The molecule has 11 atom stereocenters. The number of benzene rings is 7. The van der Waals surface area contributed by atoms with Gasteiger partial charge in [-0.3, -0.25) is 47.9 Å². The van der Waals surface area contributed by atoms with Crippen molar-refractivity contribution in [3.8, 4) is 0 Å². The van der Waals surface area contributed by atoms with E-state index in [1.807, 2.05) is 6.92 Å². The molecule has 7 rings (SSSR count). The lowest BCUT2D eigenvalue weighted by Gasteiger charge is -2.29. The van der Waals surface area contributed by atoms with E-state index in [4.69, 9.17) is 92.2 Å². The number of hydrogen-bond donors (Lipinski definition) is 17. The highest BCUT2D eigenvalue weighted by Gasteiger charge is 2.38. The smallest absolute Gasteiger partial charge is 0.407 e. The highest BCUT2D eigenvalue weighted by Crippen LogP contribution is 2.23. The number of nitrogens with two attached hydrogens (primary N) is 1. The van der Waals surface area contributed by atoms with E-state index in [1.165, 1.54) is 13.8 Å². The van der Waals surface area contributed by atoms with E-state index in [0.29, 0.717) is 60.4 Å². The fourth-order valence-electron chi connectivity index (χ4n) is 14.2. The Balaban J connectivity index is 1.17. The predicted molar refractivity (Wildman–Crippen MR) is 541 cm³/mol. The molecule has 0 fully saturated rings. The van der Waals surface area contributed by atoms with Crippen molar-refractivity contribution in [2.24, 2.45) is 11.7 Å². The van der Waals surface area contributed by atoms with E-state index in [-0.39, 0.29) is 94.9 Å². The summed E-state index contributed by atoms with van der Waals surface area (Å²) in [5.41, 5.74) is 9.54. The fourth-order valence-corrected chi connectivity index (χ4v) is 15.1. The minimum Gasteiger partial charge on any atom is -0.480 e. The summed E-state index contributed by atoms with van der Waals surface area (Å²) in [7, 11) is 0. The SMILES string of the molecule is CCCCCCCC(=O)N[C@@H](CCNC(=O)OCc1ccccc1Cl)C(=O)N[C@@H](C)C(=O)N[C@@H](CCNC(=O)OCc1ccccc1Cl)C(=O)N[C@@H](CCN)C(=O)N[C@@H](CCNC(=O)OCc1ccccc1Cl)C(=O)N[C@H](Cc1ccccc1)C(=O)N[C@@H](CC(C)C)C(=O)N[C@@H](CCNC(=O)OCc1ccccc1Cl)C(=O)N[C@@H](CCNC(=O)OCc1ccccc1Cl)C(=O)N[C@H](C(=O)O)[C@@H](C)OCc1ccccc1. The molecule has 39 nitrogen and oxygen atoms in total. The molecule has 0 aliphatic heterocycles. The summed E-state index contributed by atoms with van der Waals surface area (Å²) < 4.78 is 32.9. The number of carbonyl (C=O) groups excluding carboxylic acids is 15. The molecule has 0 radical (unpaired) electrons. The number of amides is 15. The van der Waals surface area contributed by atoms with E-state index in [0.717, 1.165) is 25.7 Å². The zero-order valence-electron chi connectivity index (χ0n) is 81.0. The third kappa shape index (κ3) is 44.7. The predicted octanol–water partition coefficient (Wildman–Crippen LogP) is 10.4. The average molecular weight is 2110 g/mol. The molecule has 7 aromatic carbocycles. The van der Waals surface area contributed by atoms with Crippen molar-refractivity contribution in [1.82, 2.24) is 79.8 Å². The van der Waals surface area contributed by atoms with Gasteiger partial charge in [0.05, 0.1) is 12.7 Å².